The molecule has 1 aromatic rings. The molecule has 1 aromatic carbocycles. The summed E-state index contributed by atoms with van der Waals surface area (Å²) in [5.74, 6) is 0.811. The van der Waals surface area contributed by atoms with Crippen molar-refractivity contribution in [1.29, 1.82) is 0 Å². The average Bonchev–Trinajstić information content (AvgIpc) is 2.91. The van der Waals surface area contributed by atoms with Crippen molar-refractivity contribution in [2.75, 3.05) is 13.2 Å². The molecule has 0 spiro atoms. The number of epoxide rings is 1. The van der Waals surface area contributed by atoms with Crippen molar-refractivity contribution in [3.05, 3.63) is 28.8 Å². The number of aryl methyl sites for hydroxylation is 1. The molecule has 1 heterocycles. The van der Waals surface area contributed by atoms with Gasteiger partial charge in [0.2, 0.25) is 0 Å². The van der Waals surface area contributed by atoms with E-state index in [0.717, 1.165) is 22.9 Å². The van der Waals surface area contributed by atoms with Gasteiger partial charge in [0, 0.05) is 5.02 Å². The third-order valence-electron chi connectivity index (χ3n) is 1.98. The van der Waals surface area contributed by atoms with Crippen molar-refractivity contribution < 1.29 is 9.47 Å². The highest BCUT2D eigenvalue weighted by Crippen LogP contribution is 2.22. The lowest BCUT2D eigenvalue weighted by Crippen LogP contribution is -2.03. The van der Waals surface area contributed by atoms with Crippen LogP contribution in [0.2, 0.25) is 5.02 Å². The molecule has 0 aliphatic carbocycles. The van der Waals surface area contributed by atoms with Crippen LogP contribution in [-0.4, -0.2) is 19.3 Å². The van der Waals surface area contributed by atoms with Crippen LogP contribution in [0.3, 0.4) is 0 Å². The van der Waals surface area contributed by atoms with Crippen molar-refractivity contribution in [1.82, 2.24) is 0 Å². The van der Waals surface area contributed by atoms with Crippen LogP contribution in [0.15, 0.2) is 18.2 Å². The summed E-state index contributed by atoms with van der Waals surface area (Å²) in [7, 11) is 0. The van der Waals surface area contributed by atoms with Crippen molar-refractivity contribution in [3.63, 3.8) is 0 Å². The fourth-order valence-electron chi connectivity index (χ4n) is 1.02. The zero-order valence-corrected chi connectivity index (χ0v) is 8.17. The van der Waals surface area contributed by atoms with E-state index < -0.39 is 0 Å². The monoisotopic (exact) mass is 198 g/mol. The van der Waals surface area contributed by atoms with Gasteiger partial charge >= 0.3 is 0 Å². The van der Waals surface area contributed by atoms with Gasteiger partial charge in [0.1, 0.15) is 18.5 Å². The highest BCUT2D eigenvalue weighted by molar-refractivity contribution is 6.31. The third-order valence-corrected chi connectivity index (χ3v) is 2.39. The van der Waals surface area contributed by atoms with E-state index in [1.54, 1.807) is 0 Å². The van der Waals surface area contributed by atoms with Gasteiger partial charge in [0.15, 0.2) is 0 Å². The van der Waals surface area contributed by atoms with Gasteiger partial charge in [-0.3, -0.25) is 0 Å². The van der Waals surface area contributed by atoms with Gasteiger partial charge in [-0.1, -0.05) is 17.7 Å². The molecule has 1 unspecified atom stereocenters. The minimum Gasteiger partial charge on any atom is -0.491 e. The van der Waals surface area contributed by atoms with Gasteiger partial charge in [-0.05, 0) is 24.6 Å². The summed E-state index contributed by atoms with van der Waals surface area (Å²) in [5.41, 5.74) is 1.07. The summed E-state index contributed by atoms with van der Waals surface area (Å²) < 4.78 is 10.5. The Labute approximate surface area is 82.4 Å². The maximum atomic E-state index is 5.93. The highest BCUT2D eigenvalue weighted by atomic mass is 35.5. The normalized spacial score (nSPS) is 20.0. The first kappa shape index (κ1) is 8.85. The van der Waals surface area contributed by atoms with Crippen molar-refractivity contribution in [3.8, 4) is 5.75 Å². The molecule has 0 aromatic heterocycles. The molecule has 0 amide bonds. The second kappa shape index (κ2) is 3.56. The number of hydrogen-bond donors (Lipinski definition) is 0. The average molecular weight is 199 g/mol. The summed E-state index contributed by atoms with van der Waals surface area (Å²) in [4.78, 5) is 0. The molecule has 3 heteroatoms. The third kappa shape index (κ3) is 2.36. The SMILES string of the molecule is Cc1ccc(OCC2CO2)cc1Cl. The van der Waals surface area contributed by atoms with Gasteiger partial charge in [0.25, 0.3) is 0 Å². The maximum Gasteiger partial charge on any atom is 0.120 e. The number of ether oxygens (including phenoxy) is 2. The standard InChI is InChI=1S/C10H11ClO2/c1-7-2-3-8(4-10(7)11)12-5-9-6-13-9/h2-4,9H,5-6H2,1H3. The van der Waals surface area contributed by atoms with E-state index in [0.29, 0.717) is 12.7 Å². The molecule has 0 N–H and O–H groups in total. The molecule has 0 radical (unpaired) electrons. The largest absolute Gasteiger partial charge is 0.491 e. The molecular weight excluding hydrogens is 188 g/mol. The summed E-state index contributed by atoms with van der Waals surface area (Å²) in [6.07, 6.45) is 0.292. The zero-order valence-electron chi connectivity index (χ0n) is 7.42. The summed E-state index contributed by atoms with van der Waals surface area (Å²) >= 11 is 5.93. The molecule has 1 aliphatic heterocycles. The van der Waals surface area contributed by atoms with E-state index in [1.807, 2.05) is 25.1 Å². The molecule has 2 nitrogen and oxygen atoms in total. The second-order valence-corrected chi connectivity index (χ2v) is 3.58. The Bertz CT molecular complexity index is 308. The van der Waals surface area contributed by atoms with E-state index in [2.05, 4.69) is 0 Å². The molecule has 70 valence electrons. The van der Waals surface area contributed by atoms with E-state index in [4.69, 9.17) is 21.1 Å². The molecule has 0 saturated carbocycles. The lowest BCUT2D eigenvalue weighted by molar-refractivity contribution is 0.263. The van der Waals surface area contributed by atoms with Crippen LogP contribution in [0.1, 0.15) is 5.56 Å². The molecule has 0 bridgehead atoms. The molecule has 1 aliphatic rings. The Morgan fingerprint density at radius 1 is 1.62 bits per heavy atom. The van der Waals surface area contributed by atoms with Crippen LogP contribution in [-0.2, 0) is 4.74 Å². The van der Waals surface area contributed by atoms with Crippen LogP contribution < -0.4 is 4.74 Å². The van der Waals surface area contributed by atoms with Gasteiger partial charge < -0.3 is 9.47 Å². The van der Waals surface area contributed by atoms with Gasteiger partial charge in [-0.15, -0.1) is 0 Å². The first-order valence-corrected chi connectivity index (χ1v) is 4.64. The maximum absolute atomic E-state index is 5.93. The summed E-state index contributed by atoms with van der Waals surface area (Å²) in [6, 6.07) is 5.70. The molecular formula is C10H11ClO2. The number of hydrogen-bond acceptors (Lipinski definition) is 2. The molecule has 1 atom stereocenters. The lowest BCUT2D eigenvalue weighted by Gasteiger charge is -2.05. The minimum atomic E-state index is 0.292. The molecule has 2 rings (SSSR count). The first-order valence-electron chi connectivity index (χ1n) is 4.26. The molecule has 13 heavy (non-hydrogen) atoms. The molecule has 1 fully saturated rings. The second-order valence-electron chi connectivity index (χ2n) is 3.18. The fraction of sp³-hybridized carbons (Fsp3) is 0.400. The Hall–Kier alpha value is -0.730. The molecule has 1 saturated heterocycles. The topological polar surface area (TPSA) is 21.8 Å². The van der Waals surface area contributed by atoms with E-state index in [9.17, 15) is 0 Å². The Kier molecular flexibility index (Phi) is 2.42. The van der Waals surface area contributed by atoms with Crippen LogP contribution in [0.5, 0.6) is 5.75 Å². The van der Waals surface area contributed by atoms with Crippen molar-refractivity contribution in [2.24, 2.45) is 0 Å². The fourth-order valence-corrected chi connectivity index (χ4v) is 1.19. The number of benzene rings is 1. The lowest BCUT2D eigenvalue weighted by atomic mass is 10.2. The first-order chi connectivity index (χ1) is 6.25. The predicted octanol–water partition coefficient (Wildman–Crippen LogP) is 2.43. The Balaban J connectivity index is 1.98. The van der Waals surface area contributed by atoms with E-state index >= 15 is 0 Å². The van der Waals surface area contributed by atoms with Gasteiger partial charge in [0.05, 0.1) is 6.61 Å². The van der Waals surface area contributed by atoms with Crippen molar-refractivity contribution in [2.45, 2.75) is 13.0 Å². The Morgan fingerprint density at radius 2 is 2.38 bits per heavy atom. The van der Waals surface area contributed by atoms with Crippen LogP contribution in [0, 0.1) is 6.92 Å². The summed E-state index contributed by atoms with van der Waals surface area (Å²) in [5, 5.41) is 0.745. The van der Waals surface area contributed by atoms with Crippen LogP contribution in [0.25, 0.3) is 0 Å². The van der Waals surface area contributed by atoms with Gasteiger partial charge in [-0.25, -0.2) is 0 Å². The van der Waals surface area contributed by atoms with E-state index in [1.165, 1.54) is 0 Å². The minimum absolute atomic E-state index is 0.292. The zero-order chi connectivity index (χ0) is 9.26. The summed E-state index contributed by atoms with van der Waals surface area (Å²) in [6.45, 7) is 3.41. The Morgan fingerprint density at radius 3 is 3.00 bits per heavy atom. The highest BCUT2D eigenvalue weighted by Gasteiger charge is 2.22. The predicted molar refractivity (Wildman–Crippen MR) is 51.4 cm³/mol. The van der Waals surface area contributed by atoms with Crippen LogP contribution >= 0.6 is 11.6 Å². The quantitative estimate of drug-likeness (QED) is 0.696. The van der Waals surface area contributed by atoms with Crippen LogP contribution in [0.4, 0.5) is 0 Å². The number of rotatable bonds is 3. The number of halogens is 1. The van der Waals surface area contributed by atoms with Gasteiger partial charge in [-0.2, -0.15) is 0 Å². The smallest absolute Gasteiger partial charge is 0.120 e. The van der Waals surface area contributed by atoms with Crippen molar-refractivity contribution >= 4 is 11.6 Å². The van der Waals surface area contributed by atoms with E-state index in [-0.39, 0.29) is 0 Å².